The van der Waals surface area contributed by atoms with Crippen molar-refractivity contribution in [2.24, 2.45) is 5.92 Å². The average Bonchev–Trinajstić information content (AvgIpc) is 2.37. The van der Waals surface area contributed by atoms with Gasteiger partial charge in [0, 0.05) is 18.0 Å². The van der Waals surface area contributed by atoms with Crippen LogP contribution in [0.2, 0.25) is 0 Å². The standard InChI is InChI=1S/C16H20BrFO2/c1-11-4-3-5-16(10-11,20-2)15(19)8-12-6-13(17)9-14(18)7-12/h6-7,9,11H,3-5,8,10H2,1-2H3. The molecule has 1 aliphatic rings. The fraction of sp³-hybridized carbons (Fsp3) is 0.562. The minimum Gasteiger partial charge on any atom is -0.370 e. The second-order valence-corrected chi connectivity index (χ2v) is 6.69. The number of ketones is 1. The van der Waals surface area contributed by atoms with Crippen LogP contribution in [0.15, 0.2) is 22.7 Å². The van der Waals surface area contributed by atoms with Crippen molar-refractivity contribution < 1.29 is 13.9 Å². The number of carbonyl (C=O) groups is 1. The van der Waals surface area contributed by atoms with Gasteiger partial charge in [0.15, 0.2) is 5.78 Å². The van der Waals surface area contributed by atoms with Crippen molar-refractivity contribution >= 4 is 21.7 Å². The Kier molecular flexibility index (Phi) is 4.97. The van der Waals surface area contributed by atoms with Crippen LogP contribution in [0, 0.1) is 11.7 Å². The van der Waals surface area contributed by atoms with Gasteiger partial charge in [-0.1, -0.05) is 29.3 Å². The summed E-state index contributed by atoms with van der Waals surface area (Å²) in [5.74, 6) is 0.224. The molecule has 0 aliphatic heterocycles. The van der Waals surface area contributed by atoms with Gasteiger partial charge in [-0.15, -0.1) is 0 Å². The molecule has 2 atom stereocenters. The highest BCUT2D eigenvalue weighted by Gasteiger charge is 2.41. The van der Waals surface area contributed by atoms with E-state index in [2.05, 4.69) is 22.9 Å². The highest BCUT2D eigenvalue weighted by atomic mass is 79.9. The Labute approximate surface area is 127 Å². The number of halogens is 2. The number of hydrogen-bond donors (Lipinski definition) is 0. The fourth-order valence-corrected chi connectivity index (χ4v) is 3.63. The molecule has 2 rings (SSSR count). The Morgan fingerprint density at radius 3 is 2.85 bits per heavy atom. The first kappa shape index (κ1) is 15.6. The van der Waals surface area contributed by atoms with Crippen molar-refractivity contribution in [2.75, 3.05) is 7.11 Å². The molecule has 0 bridgehead atoms. The van der Waals surface area contributed by atoms with E-state index in [1.807, 2.05) is 0 Å². The van der Waals surface area contributed by atoms with Crippen LogP contribution >= 0.6 is 15.9 Å². The summed E-state index contributed by atoms with van der Waals surface area (Å²) in [5, 5.41) is 0. The molecule has 20 heavy (non-hydrogen) atoms. The summed E-state index contributed by atoms with van der Waals surface area (Å²) in [5.41, 5.74) is 0.00716. The van der Waals surface area contributed by atoms with Crippen LogP contribution in [0.4, 0.5) is 4.39 Å². The lowest BCUT2D eigenvalue weighted by Gasteiger charge is -2.37. The van der Waals surface area contributed by atoms with E-state index in [-0.39, 0.29) is 18.0 Å². The molecule has 0 amide bonds. The lowest BCUT2D eigenvalue weighted by Crippen LogP contribution is -2.45. The summed E-state index contributed by atoms with van der Waals surface area (Å²) >= 11 is 3.26. The third-order valence-corrected chi connectivity index (χ3v) is 4.60. The van der Waals surface area contributed by atoms with Gasteiger partial charge >= 0.3 is 0 Å². The van der Waals surface area contributed by atoms with Gasteiger partial charge in [-0.3, -0.25) is 4.79 Å². The molecule has 1 aromatic carbocycles. The maximum Gasteiger partial charge on any atom is 0.168 e. The largest absolute Gasteiger partial charge is 0.370 e. The summed E-state index contributed by atoms with van der Waals surface area (Å²) in [7, 11) is 1.61. The van der Waals surface area contributed by atoms with Gasteiger partial charge in [-0.25, -0.2) is 4.39 Å². The molecule has 4 heteroatoms. The minimum atomic E-state index is -0.684. The molecule has 110 valence electrons. The number of hydrogen-bond acceptors (Lipinski definition) is 2. The Morgan fingerprint density at radius 1 is 1.50 bits per heavy atom. The Bertz CT molecular complexity index is 483. The number of carbonyl (C=O) groups excluding carboxylic acids is 1. The number of methoxy groups -OCH3 is 1. The number of Topliss-reactive ketones (excluding diaryl/α,β-unsaturated/α-hetero) is 1. The summed E-state index contributed by atoms with van der Waals surface area (Å²) in [6.07, 6.45) is 3.90. The predicted octanol–water partition coefficient (Wildman–Crippen LogP) is 4.30. The maximum atomic E-state index is 13.4. The van der Waals surface area contributed by atoms with Crippen LogP contribution in [0.3, 0.4) is 0 Å². The van der Waals surface area contributed by atoms with Crippen molar-refractivity contribution in [3.05, 3.63) is 34.1 Å². The third-order valence-electron chi connectivity index (χ3n) is 4.14. The normalized spacial score (nSPS) is 26.5. The lowest BCUT2D eigenvalue weighted by molar-refractivity contribution is -0.146. The van der Waals surface area contributed by atoms with Gasteiger partial charge < -0.3 is 4.74 Å². The van der Waals surface area contributed by atoms with E-state index in [1.54, 1.807) is 13.2 Å². The van der Waals surface area contributed by atoms with Gasteiger partial charge in [0.2, 0.25) is 0 Å². The summed E-state index contributed by atoms with van der Waals surface area (Å²) in [6.45, 7) is 2.15. The topological polar surface area (TPSA) is 26.3 Å². The Balaban J connectivity index is 2.17. The van der Waals surface area contributed by atoms with E-state index < -0.39 is 5.60 Å². The molecule has 0 heterocycles. The first-order chi connectivity index (χ1) is 9.45. The van der Waals surface area contributed by atoms with Crippen molar-refractivity contribution in [3.8, 4) is 0 Å². The predicted molar refractivity (Wildman–Crippen MR) is 80.2 cm³/mol. The highest BCUT2D eigenvalue weighted by molar-refractivity contribution is 9.10. The molecular weight excluding hydrogens is 323 g/mol. The molecule has 2 unspecified atom stereocenters. The van der Waals surface area contributed by atoms with Gasteiger partial charge in [0.05, 0.1) is 0 Å². The molecule has 0 saturated heterocycles. The minimum absolute atomic E-state index is 0.0593. The summed E-state index contributed by atoms with van der Waals surface area (Å²) < 4.78 is 19.6. The van der Waals surface area contributed by atoms with Crippen molar-refractivity contribution in [1.82, 2.24) is 0 Å². The van der Waals surface area contributed by atoms with E-state index in [9.17, 15) is 9.18 Å². The zero-order chi connectivity index (χ0) is 14.8. The van der Waals surface area contributed by atoms with Crippen LogP contribution in [0.1, 0.15) is 38.2 Å². The average molecular weight is 343 g/mol. The van der Waals surface area contributed by atoms with E-state index >= 15 is 0 Å². The molecular formula is C16H20BrFO2. The van der Waals surface area contributed by atoms with Crippen LogP contribution in [0.5, 0.6) is 0 Å². The van der Waals surface area contributed by atoms with E-state index in [4.69, 9.17) is 4.74 Å². The highest BCUT2D eigenvalue weighted by Crippen LogP contribution is 2.36. The van der Waals surface area contributed by atoms with E-state index in [0.29, 0.717) is 16.0 Å². The quantitative estimate of drug-likeness (QED) is 0.815. The van der Waals surface area contributed by atoms with Crippen LogP contribution in [-0.2, 0) is 16.0 Å². The molecule has 0 N–H and O–H groups in total. The molecule has 1 aromatic rings. The molecule has 0 aromatic heterocycles. The first-order valence-corrected chi connectivity index (χ1v) is 7.78. The van der Waals surface area contributed by atoms with Gasteiger partial charge in [0.1, 0.15) is 11.4 Å². The zero-order valence-electron chi connectivity index (χ0n) is 11.9. The number of ether oxygens (including phenoxy) is 1. The molecule has 0 radical (unpaired) electrons. The molecule has 1 fully saturated rings. The van der Waals surface area contributed by atoms with Crippen molar-refractivity contribution in [2.45, 2.75) is 44.6 Å². The summed E-state index contributed by atoms with van der Waals surface area (Å²) in [4.78, 5) is 12.6. The van der Waals surface area contributed by atoms with Gasteiger partial charge in [-0.2, -0.15) is 0 Å². The monoisotopic (exact) mass is 342 g/mol. The van der Waals surface area contributed by atoms with Gasteiger partial charge in [0.25, 0.3) is 0 Å². The van der Waals surface area contributed by atoms with Crippen molar-refractivity contribution in [3.63, 3.8) is 0 Å². The molecule has 1 saturated carbocycles. The number of benzene rings is 1. The van der Waals surface area contributed by atoms with E-state index in [0.717, 1.165) is 25.7 Å². The number of rotatable bonds is 4. The van der Waals surface area contributed by atoms with E-state index in [1.165, 1.54) is 12.1 Å². The molecule has 2 nitrogen and oxygen atoms in total. The van der Waals surface area contributed by atoms with Crippen LogP contribution < -0.4 is 0 Å². The third kappa shape index (κ3) is 3.47. The fourth-order valence-electron chi connectivity index (χ4n) is 3.12. The summed E-state index contributed by atoms with van der Waals surface area (Å²) in [6, 6.07) is 4.59. The van der Waals surface area contributed by atoms with Crippen LogP contribution in [-0.4, -0.2) is 18.5 Å². The Morgan fingerprint density at radius 2 is 2.25 bits per heavy atom. The Hall–Kier alpha value is -0.740. The zero-order valence-corrected chi connectivity index (χ0v) is 13.5. The van der Waals surface area contributed by atoms with Crippen molar-refractivity contribution in [1.29, 1.82) is 0 Å². The second kappa shape index (κ2) is 6.35. The first-order valence-electron chi connectivity index (χ1n) is 6.98. The van der Waals surface area contributed by atoms with Crippen LogP contribution in [0.25, 0.3) is 0 Å². The smallest absolute Gasteiger partial charge is 0.168 e. The maximum absolute atomic E-state index is 13.4. The SMILES string of the molecule is COC1(C(=O)Cc2cc(F)cc(Br)c2)CCCC(C)C1. The molecule has 1 aliphatic carbocycles. The second-order valence-electron chi connectivity index (χ2n) is 5.78. The lowest BCUT2D eigenvalue weighted by atomic mass is 9.75. The van der Waals surface area contributed by atoms with Gasteiger partial charge in [-0.05, 0) is 48.9 Å². The molecule has 0 spiro atoms.